The molecule has 24 heavy (non-hydrogen) atoms. The molecule has 0 aliphatic heterocycles. The van der Waals surface area contributed by atoms with E-state index in [4.69, 9.17) is 5.73 Å². The molecule has 128 valence electrons. The molecule has 7 heteroatoms. The number of nitrogens with one attached hydrogen (secondary N) is 1. The number of aliphatic carboxylic acids is 1. The van der Waals surface area contributed by atoms with Gasteiger partial charge in [0.2, 0.25) is 5.91 Å². The normalized spacial score (nSPS) is 27.4. The Morgan fingerprint density at radius 2 is 1.92 bits per heavy atom. The first kappa shape index (κ1) is 16.7. The van der Waals surface area contributed by atoms with Crippen molar-refractivity contribution in [1.82, 2.24) is 0 Å². The minimum absolute atomic E-state index is 0.0557. The third-order valence-corrected chi connectivity index (χ3v) is 6.16. The molecule has 2 aliphatic carbocycles. The highest BCUT2D eigenvalue weighted by Gasteiger charge is 2.51. The molecule has 2 bridgehead atoms. The van der Waals surface area contributed by atoms with Crippen molar-refractivity contribution in [1.29, 1.82) is 0 Å². The van der Waals surface area contributed by atoms with Crippen LogP contribution in [0.15, 0.2) is 12.2 Å². The number of carbonyl (C=O) groups is 3. The number of nitrogens with two attached hydrogens (primary N) is 1. The Hall–Kier alpha value is -2.15. The van der Waals surface area contributed by atoms with E-state index < -0.39 is 23.7 Å². The van der Waals surface area contributed by atoms with E-state index in [2.05, 4.69) is 5.32 Å². The lowest BCUT2D eigenvalue weighted by Gasteiger charge is -2.23. The molecule has 1 heterocycles. The van der Waals surface area contributed by atoms with Gasteiger partial charge in [-0.15, -0.1) is 11.3 Å². The number of amides is 2. The van der Waals surface area contributed by atoms with Crippen molar-refractivity contribution in [2.45, 2.75) is 26.7 Å². The second-order valence-electron chi connectivity index (χ2n) is 6.39. The highest BCUT2D eigenvalue weighted by molar-refractivity contribution is 7.16. The van der Waals surface area contributed by atoms with Gasteiger partial charge in [-0.25, -0.2) is 0 Å². The average Bonchev–Trinajstić information content (AvgIpc) is 3.18. The van der Waals surface area contributed by atoms with Gasteiger partial charge in [0.05, 0.1) is 17.4 Å². The Labute approximate surface area is 143 Å². The smallest absolute Gasteiger partial charge is 0.307 e. The Morgan fingerprint density at radius 3 is 2.46 bits per heavy atom. The van der Waals surface area contributed by atoms with Crippen LogP contribution >= 0.6 is 11.3 Å². The topological polar surface area (TPSA) is 109 Å². The molecule has 0 aromatic carbocycles. The third kappa shape index (κ3) is 2.53. The molecule has 3 rings (SSSR count). The summed E-state index contributed by atoms with van der Waals surface area (Å²) in [6, 6.07) is 0. The van der Waals surface area contributed by atoms with Crippen molar-refractivity contribution in [3.05, 3.63) is 28.2 Å². The first-order valence-electron chi connectivity index (χ1n) is 7.99. The van der Waals surface area contributed by atoms with E-state index in [1.807, 2.05) is 26.0 Å². The van der Waals surface area contributed by atoms with Crippen LogP contribution in [0, 0.1) is 30.6 Å². The number of allylic oxidation sites excluding steroid dienone is 2. The standard InChI is InChI=1S/C17H20N2O4S/c1-3-10-7(2)24-16(13(10)14(18)20)19-15(21)11-8-4-5-9(6-8)12(11)17(22)23/h4-5,8-9,11-12H,3,6H2,1-2H3,(H2,18,20)(H,19,21)(H,22,23). The van der Waals surface area contributed by atoms with Crippen molar-refractivity contribution < 1.29 is 19.5 Å². The summed E-state index contributed by atoms with van der Waals surface area (Å²) in [6.45, 7) is 3.81. The van der Waals surface area contributed by atoms with Crippen molar-refractivity contribution in [3.8, 4) is 0 Å². The summed E-state index contributed by atoms with van der Waals surface area (Å²) in [5, 5.41) is 12.7. The fraction of sp³-hybridized carbons (Fsp3) is 0.471. The third-order valence-electron chi connectivity index (χ3n) is 5.09. The Kier molecular flexibility index (Phi) is 4.21. The van der Waals surface area contributed by atoms with Gasteiger partial charge in [0.1, 0.15) is 5.00 Å². The van der Waals surface area contributed by atoms with Gasteiger partial charge in [-0.05, 0) is 37.2 Å². The quantitative estimate of drug-likeness (QED) is 0.708. The summed E-state index contributed by atoms with van der Waals surface area (Å²) < 4.78 is 0. The molecule has 0 radical (unpaired) electrons. The number of hydrogen-bond donors (Lipinski definition) is 3. The first-order chi connectivity index (χ1) is 11.3. The predicted molar refractivity (Wildman–Crippen MR) is 90.9 cm³/mol. The maximum Gasteiger partial charge on any atom is 0.307 e. The summed E-state index contributed by atoms with van der Waals surface area (Å²) >= 11 is 1.31. The lowest BCUT2D eigenvalue weighted by molar-refractivity contribution is -0.146. The van der Waals surface area contributed by atoms with Crippen molar-refractivity contribution >= 4 is 34.1 Å². The lowest BCUT2D eigenvalue weighted by Crippen LogP contribution is -2.36. The van der Waals surface area contributed by atoms with E-state index in [0.717, 1.165) is 10.4 Å². The molecular weight excluding hydrogens is 328 g/mol. The van der Waals surface area contributed by atoms with Crippen LogP contribution in [0.2, 0.25) is 0 Å². The van der Waals surface area contributed by atoms with E-state index in [1.165, 1.54) is 11.3 Å². The largest absolute Gasteiger partial charge is 0.481 e. The monoisotopic (exact) mass is 348 g/mol. The van der Waals surface area contributed by atoms with Gasteiger partial charge in [-0.3, -0.25) is 14.4 Å². The highest BCUT2D eigenvalue weighted by Crippen LogP contribution is 2.48. The summed E-state index contributed by atoms with van der Waals surface area (Å²) in [6.07, 6.45) is 5.17. The summed E-state index contributed by atoms with van der Waals surface area (Å²) in [5.41, 5.74) is 6.67. The van der Waals surface area contributed by atoms with Crippen LogP contribution < -0.4 is 11.1 Å². The number of primary amides is 1. The molecule has 2 aliphatic rings. The lowest BCUT2D eigenvalue weighted by atomic mass is 9.82. The van der Waals surface area contributed by atoms with Crippen LogP contribution in [0.4, 0.5) is 5.00 Å². The molecule has 1 aromatic rings. The molecule has 1 saturated carbocycles. The molecular formula is C17H20N2O4S. The van der Waals surface area contributed by atoms with Gasteiger partial charge in [0.25, 0.3) is 5.91 Å². The molecule has 4 unspecified atom stereocenters. The van der Waals surface area contributed by atoms with Crippen LogP contribution in [0.25, 0.3) is 0 Å². The number of hydrogen-bond acceptors (Lipinski definition) is 4. The molecule has 2 amide bonds. The first-order valence-corrected chi connectivity index (χ1v) is 8.80. The minimum Gasteiger partial charge on any atom is -0.481 e. The maximum atomic E-state index is 12.7. The van der Waals surface area contributed by atoms with Crippen molar-refractivity contribution in [3.63, 3.8) is 0 Å². The number of rotatable bonds is 5. The molecule has 1 fully saturated rings. The number of aryl methyl sites for hydroxylation is 1. The second kappa shape index (κ2) is 6.05. The van der Waals surface area contributed by atoms with E-state index >= 15 is 0 Å². The number of carbonyl (C=O) groups excluding carboxylic acids is 2. The minimum atomic E-state index is -0.946. The number of thiophene rings is 1. The van der Waals surface area contributed by atoms with Crippen LogP contribution in [0.1, 0.15) is 34.1 Å². The number of carboxylic acids is 1. The number of carboxylic acid groups (broad SMARTS) is 1. The fourth-order valence-electron chi connectivity index (χ4n) is 4.06. The van der Waals surface area contributed by atoms with E-state index in [-0.39, 0.29) is 17.7 Å². The molecule has 4 N–H and O–H groups in total. The van der Waals surface area contributed by atoms with E-state index in [0.29, 0.717) is 23.4 Å². The van der Waals surface area contributed by atoms with Gasteiger partial charge >= 0.3 is 5.97 Å². The Balaban J connectivity index is 1.89. The second-order valence-corrected chi connectivity index (χ2v) is 7.61. The zero-order chi connectivity index (χ0) is 17.6. The zero-order valence-electron chi connectivity index (χ0n) is 13.5. The SMILES string of the molecule is CCc1c(C)sc(NC(=O)C2C3C=CC(C3)C2C(=O)O)c1C(N)=O. The van der Waals surface area contributed by atoms with E-state index in [1.54, 1.807) is 0 Å². The summed E-state index contributed by atoms with van der Waals surface area (Å²) in [4.78, 5) is 37.0. The van der Waals surface area contributed by atoms with Gasteiger partial charge < -0.3 is 16.2 Å². The van der Waals surface area contributed by atoms with Gasteiger partial charge in [0.15, 0.2) is 0 Å². The molecule has 0 saturated heterocycles. The van der Waals surface area contributed by atoms with Crippen LogP contribution in [-0.4, -0.2) is 22.9 Å². The highest BCUT2D eigenvalue weighted by atomic mass is 32.1. The molecule has 4 atom stereocenters. The van der Waals surface area contributed by atoms with Crippen molar-refractivity contribution in [2.24, 2.45) is 29.4 Å². The van der Waals surface area contributed by atoms with E-state index in [9.17, 15) is 19.5 Å². The zero-order valence-corrected chi connectivity index (χ0v) is 14.4. The molecule has 6 nitrogen and oxygen atoms in total. The van der Waals surface area contributed by atoms with Gasteiger partial charge in [-0.2, -0.15) is 0 Å². The summed E-state index contributed by atoms with van der Waals surface area (Å²) in [7, 11) is 0. The van der Waals surface area contributed by atoms with Crippen LogP contribution in [0.5, 0.6) is 0 Å². The Morgan fingerprint density at radius 1 is 1.29 bits per heavy atom. The Bertz CT molecular complexity index is 752. The van der Waals surface area contributed by atoms with Gasteiger partial charge in [-0.1, -0.05) is 19.1 Å². The predicted octanol–water partition coefficient (Wildman–Crippen LogP) is 2.18. The molecule has 0 spiro atoms. The average molecular weight is 348 g/mol. The van der Waals surface area contributed by atoms with Crippen molar-refractivity contribution in [2.75, 3.05) is 5.32 Å². The maximum absolute atomic E-state index is 12.7. The number of fused-ring (bicyclic) bond motifs is 2. The fourth-order valence-corrected chi connectivity index (χ4v) is 5.22. The number of anilines is 1. The van der Waals surface area contributed by atoms with Crippen LogP contribution in [-0.2, 0) is 16.0 Å². The van der Waals surface area contributed by atoms with Gasteiger partial charge in [0, 0.05) is 4.88 Å². The molecule has 1 aromatic heterocycles. The summed E-state index contributed by atoms with van der Waals surface area (Å²) in [5.74, 6) is -3.32. The van der Waals surface area contributed by atoms with Crippen LogP contribution in [0.3, 0.4) is 0 Å².